The summed E-state index contributed by atoms with van der Waals surface area (Å²) in [5.41, 5.74) is 0.907. The largest absolute Gasteiger partial charge is 0.485 e. The molecule has 0 fully saturated rings. The van der Waals surface area contributed by atoms with Gasteiger partial charge in [-0.3, -0.25) is 0 Å². The molecule has 0 bridgehead atoms. The van der Waals surface area contributed by atoms with Crippen molar-refractivity contribution in [2.45, 2.75) is 19.6 Å². The van der Waals surface area contributed by atoms with E-state index >= 15 is 0 Å². The smallest absolute Gasteiger partial charge is 0.165 e. The molecule has 102 valence electrons. The van der Waals surface area contributed by atoms with Crippen molar-refractivity contribution in [2.75, 3.05) is 7.05 Å². The van der Waals surface area contributed by atoms with Crippen LogP contribution in [0.15, 0.2) is 34.1 Å². The lowest BCUT2D eigenvalue weighted by Gasteiger charge is -2.12. The average molecular weight is 344 g/mol. The van der Waals surface area contributed by atoms with Crippen LogP contribution in [0.4, 0.5) is 4.39 Å². The van der Waals surface area contributed by atoms with Crippen molar-refractivity contribution in [1.29, 1.82) is 0 Å². The zero-order valence-corrected chi connectivity index (χ0v) is 13.1. The van der Waals surface area contributed by atoms with Crippen LogP contribution < -0.4 is 10.1 Å². The highest BCUT2D eigenvalue weighted by atomic mass is 79.9. The fourth-order valence-electron chi connectivity index (χ4n) is 1.64. The minimum atomic E-state index is -0.327. The highest BCUT2D eigenvalue weighted by Gasteiger charge is 2.10. The van der Waals surface area contributed by atoms with Gasteiger partial charge in [0.2, 0.25) is 0 Å². The normalized spacial score (nSPS) is 12.4. The summed E-state index contributed by atoms with van der Waals surface area (Å²) in [6, 6.07) is 7.15. The van der Waals surface area contributed by atoms with Crippen LogP contribution in [0.2, 0.25) is 0 Å². The monoisotopic (exact) mass is 343 g/mol. The third-order valence-corrected chi connectivity index (χ3v) is 4.84. The topological polar surface area (TPSA) is 21.3 Å². The molecule has 2 nitrogen and oxygen atoms in total. The van der Waals surface area contributed by atoms with Gasteiger partial charge in [-0.05, 0) is 59.0 Å². The molecule has 2 rings (SSSR count). The molecule has 0 aliphatic heterocycles. The first-order chi connectivity index (χ1) is 9.11. The molecule has 0 radical (unpaired) electrons. The molecule has 1 aromatic heterocycles. The molecule has 5 heteroatoms. The Morgan fingerprint density at radius 3 is 2.79 bits per heavy atom. The second-order valence-corrected chi connectivity index (χ2v) is 6.04. The molecule has 1 heterocycles. The van der Waals surface area contributed by atoms with Crippen LogP contribution in [0.1, 0.15) is 23.4 Å². The summed E-state index contributed by atoms with van der Waals surface area (Å²) in [6.45, 7) is 2.36. The maximum Gasteiger partial charge on any atom is 0.165 e. The van der Waals surface area contributed by atoms with Crippen LogP contribution in [0.5, 0.6) is 5.75 Å². The minimum Gasteiger partial charge on any atom is -0.485 e. The quantitative estimate of drug-likeness (QED) is 0.862. The van der Waals surface area contributed by atoms with Gasteiger partial charge in [-0.15, -0.1) is 11.3 Å². The summed E-state index contributed by atoms with van der Waals surface area (Å²) in [7, 11) is 1.85. The van der Waals surface area contributed by atoms with E-state index in [1.54, 1.807) is 17.4 Å². The Labute approximate surface area is 124 Å². The first kappa shape index (κ1) is 14.5. The van der Waals surface area contributed by atoms with Crippen molar-refractivity contribution in [1.82, 2.24) is 5.32 Å². The average Bonchev–Trinajstić information content (AvgIpc) is 2.82. The molecule has 1 atom stereocenters. The van der Waals surface area contributed by atoms with Crippen molar-refractivity contribution < 1.29 is 9.13 Å². The predicted molar refractivity (Wildman–Crippen MR) is 80.2 cm³/mol. The van der Waals surface area contributed by atoms with Crippen molar-refractivity contribution in [2.24, 2.45) is 0 Å². The summed E-state index contributed by atoms with van der Waals surface area (Å²) in [6.07, 6.45) is 0. The Morgan fingerprint density at radius 2 is 2.21 bits per heavy atom. The number of hydrogen-bond acceptors (Lipinski definition) is 3. The zero-order chi connectivity index (χ0) is 13.8. The van der Waals surface area contributed by atoms with E-state index in [4.69, 9.17) is 4.74 Å². The number of rotatable bonds is 5. The number of hydrogen-bond donors (Lipinski definition) is 1. The maximum absolute atomic E-state index is 13.9. The van der Waals surface area contributed by atoms with E-state index in [-0.39, 0.29) is 17.6 Å². The van der Waals surface area contributed by atoms with Crippen molar-refractivity contribution in [3.8, 4) is 5.75 Å². The molecular weight excluding hydrogens is 329 g/mol. The van der Waals surface area contributed by atoms with Crippen molar-refractivity contribution in [3.05, 3.63) is 50.4 Å². The second-order valence-electron chi connectivity index (χ2n) is 4.18. The molecule has 0 aliphatic carbocycles. The van der Waals surface area contributed by atoms with E-state index in [2.05, 4.69) is 21.2 Å². The van der Waals surface area contributed by atoms with E-state index in [1.807, 2.05) is 31.5 Å². The molecule has 1 aromatic carbocycles. The molecule has 1 N–H and O–H groups in total. The lowest BCUT2D eigenvalue weighted by molar-refractivity contribution is 0.292. The van der Waals surface area contributed by atoms with E-state index in [0.29, 0.717) is 6.61 Å². The van der Waals surface area contributed by atoms with Crippen LogP contribution in [0.25, 0.3) is 0 Å². The lowest BCUT2D eigenvalue weighted by atomic mass is 10.1. The SMILES string of the molecule is CNC(C)c1ccc(OCc2sccc2Br)c(F)c1. The molecule has 0 amide bonds. The summed E-state index contributed by atoms with van der Waals surface area (Å²) >= 11 is 5.01. The number of nitrogens with one attached hydrogen (secondary N) is 1. The summed E-state index contributed by atoms with van der Waals surface area (Å²) in [5.74, 6) is -0.0420. The molecule has 2 aromatic rings. The second kappa shape index (κ2) is 6.50. The summed E-state index contributed by atoms with van der Waals surface area (Å²) < 4.78 is 20.4. The van der Waals surface area contributed by atoms with Gasteiger partial charge < -0.3 is 10.1 Å². The van der Waals surface area contributed by atoms with E-state index < -0.39 is 0 Å². The van der Waals surface area contributed by atoms with Crippen LogP contribution in [-0.4, -0.2) is 7.05 Å². The van der Waals surface area contributed by atoms with Crippen LogP contribution in [0.3, 0.4) is 0 Å². The van der Waals surface area contributed by atoms with Gasteiger partial charge in [0.15, 0.2) is 11.6 Å². The predicted octanol–water partition coefficient (Wildman–Crippen LogP) is 4.51. The molecule has 0 aliphatic rings. The standard InChI is InChI=1S/C14H15BrFNOS/c1-9(17-2)10-3-4-13(12(16)7-10)18-8-14-11(15)5-6-19-14/h3-7,9,17H,8H2,1-2H3. The summed E-state index contributed by atoms with van der Waals surface area (Å²) in [4.78, 5) is 1.05. The Hall–Kier alpha value is -0.910. The number of ether oxygens (including phenoxy) is 1. The lowest BCUT2D eigenvalue weighted by Crippen LogP contribution is -2.12. The van der Waals surface area contributed by atoms with Gasteiger partial charge in [0.05, 0.1) is 4.88 Å². The van der Waals surface area contributed by atoms with Gasteiger partial charge in [0.1, 0.15) is 6.61 Å². The highest BCUT2D eigenvalue weighted by molar-refractivity contribution is 9.10. The number of thiophene rings is 1. The van der Waals surface area contributed by atoms with Gasteiger partial charge in [-0.1, -0.05) is 6.07 Å². The number of halogens is 2. The van der Waals surface area contributed by atoms with Gasteiger partial charge in [0.25, 0.3) is 0 Å². The third kappa shape index (κ3) is 3.55. The molecule has 19 heavy (non-hydrogen) atoms. The molecule has 0 spiro atoms. The first-order valence-corrected chi connectivity index (χ1v) is 7.60. The zero-order valence-electron chi connectivity index (χ0n) is 10.7. The highest BCUT2D eigenvalue weighted by Crippen LogP contribution is 2.26. The fraction of sp³-hybridized carbons (Fsp3) is 0.286. The van der Waals surface area contributed by atoms with Crippen LogP contribution in [-0.2, 0) is 6.61 Å². The van der Waals surface area contributed by atoms with Gasteiger partial charge >= 0.3 is 0 Å². The Bertz CT molecular complexity index is 558. The molecule has 1 unspecified atom stereocenters. The molecule has 0 saturated carbocycles. The van der Waals surface area contributed by atoms with Crippen LogP contribution in [0, 0.1) is 5.82 Å². The molecule has 0 saturated heterocycles. The maximum atomic E-state index is 13.9. The Kier molecular flexibility index (Phi) is 4.96. The summed E-state index contributed by atoms with van der Waals surface area (Å²) in [5, 5.41) is 5.05. The Morgan fingerprint density at radius 1 is 1.42 bits per heavy atom. The van der Waals surface area contributed by atoms with Crippen molar-refractivity contribution >= 4 is 27.3 Å². The van der Waals surface area contributed by atoms with E-state index in [1.165, 1.54) is 6.07 Å². The minimum absolute atomic E-state index is 0.120. The van der Waals surface area contributed by atoms with Gasteiger partial charge in [0, 0.05) is 10.5 Å². The van der Waals surface area contributed by atoms with Gasteiger partial charge in [-0.25, -0.2) is 4.39 Å². The van der Waals surface area contributed by atoms with Crippen LogP contribution >= 0.6 is 27.3 Å². The molecular formula is C14H15BrFNOS. The first-order valence-electron chi connectivity index (χ1n) is 5.93. The van der Waals surface area contributed by atoms with E-state index in [9.17, 15) is 4.39 Å². The number of benzene rings is 1. The van der Waals surface area contributed by atoms with Gasteiger partial charge in [-0.2, -0.15) is 0 Å². The van der Waals surface area contributed by atoms with Crippen molar-refractivity contribution in [3.63, 3.8) is 0 Å². The van der Waals surface area contributed by atoms with E-state index in [0.717, 1.165) is 14.9 Å². The third-order valence-electron chi connectivity index (χ3n) is 2.94. The Balaban J connectivity index is 2.07. The fourth-order valence-corrected chi connectivity index (χ4v) is 3.02.